The van der Waals surface area contributed by atoms with Gasteiger partial charge in [-0.3, -0.25) is 9.69 Å². The number of likely N-dealkylation sites (tertiary alicyclic amines) is 1. The summed E-state index contributed by atoms with van der Waals surface area (Å²) in [5.41, 5.74) is 3.66. The number of nitrogens with one attached hydrogen (secondary N) is 1. The molecule has 1 N–H and O–H groups in total. The van der Waals surface area contributed by atoms with E-state index in [1.807, 2.05) is 24.3 Å². The van der Waals surface area contributed by atoms with Crippen molar-refractivity contribution >= 4 is 5.91 Å². The SMILES string of the molecule is COc1ccccc1C(=O)N[C@H]1c2ccccc2C2(CCN(Cc3cccc(F)c3)CC2)[C@@H]1OC. The summed E-state index contributed by atoms with van der Waals surface area (Å²) >= 11 is 0. The van der Waals surface area contributed by atoms with Crippen LogP contribution in [0, 0.1) is 5.82 Å². The third-order valence-corrected chi connectivity index (χ3v) is 7.62. The predicted molar refractivity (Wildman–Crippen MR) is 133 cm³/mol. The average Bonchev–Trinajstić information content (AvgIpc) is 3.13. The molecule has 6 heteroatoms. The van der Waals surface area contributed by atoms with Crippen LogP contribution in [0.15, 0.2) is 72.8 Å². The van der Waals surface area contributed by atoms with Crippen LogP contribution in [0.3, 0.4) is 0 Å². The lowest BCUT2D eigenvalue weighted by atomic mass is 9.71. The number of hydrogen-bond donors (Lipinski definition) is 1. The van der Waals surface area contributed by atoms with E-state index in [2.05, 4.69) is 28.4 Å². The minimum atomic E-state index is -0.261. The minimum Gasteiger partial charge on any atom is -0.496 e. The van der Waals surface area contributed by atoms with Gasteiger partial charge in [-0.05, 0) is 66.9 Å². The quantitative estimate of drug-likeness (QED) is 0.554. The third kappa shape index (κ3) is 4.32. The first kappa shape index (κ1) is 23.5. The molecule has 182 valence electrons. The van der Waals surface area contributed by atoms with Gasteiger partial charge in [0.2, 0.25) is 0 Å². The van der Waals surface area contributed by atoms with Crippen LogP contribution in [0.4, 0.5) is 4.39 Å². The molecule has 5 nitrogen and oxygen atoms in total. The maximum absolute atomic E-state index is 13.7. The Morgan fingerprint density at radius 1 is 1.03 bits per heavy atom. The monoisotopic (exact) mass is 474 g/mol. The molecule has 2 aliphatic rings. The van der Waals surface area contributed by atoms with E-state index in [1.54, 1.807) is 38.5 Å². The number of piperidine rings is 1. The fourth-order valence-electron chi connectivity index (χ4n) is 5.98. The average molecular weight is 475 g/mol. The molecule has 2 atom stereocenters. The zero-order chi connectivity index (χ0) is 24.4. The Labute approximate surface area is 205 Å². The van der Waals surface area contributed by atoms with E-state index >= 15 is 0 Å². The van der Waals surface area contributed by atoms with Crippen LogP contribution in [0.2, 0.25) is 0 Å². The van der Waals surface area contributed by atoms with Crippen molar-refractivity contribution in [2.45, 2.75) is 36.9 Å². The first-order valence-electron chi connectivity index (χ1n) is 12.1. The highest BCUT2D eigenvalue weighted by molar-refractivity contribution is 5.97. The Morgan fingerprint density at radius 2 is 1.77 bits per heavy atom. The van der Waals surface area contributed by atoms with Crippen LogP contribution in [-0.2, 0) is 16.7 Å². The van der Waals surface area contributed by atoms with Crippen molar-refractivity contribution < 1.29 is 18.7 Å². The van der Waals surface area contributed by atoms with Crippen molar-refractivity contribution in [2.75, 3.05) is 27.3 Å². The summed E-state index contributed by atoms with van der Waals surface area (Å²) in [7, 11) is 3.31. The van der Waals surface area contributed by atoms with Crippen LogP contribution in [0.1, 0.15) is 45.9 Å². The minimum absolute atomic E-state index is 0.176. The normalized spacial score (nSPS) is 21.0. The Bertz CT molecular complexity index is 1210. The zero-order valence-corrected chi connectivity index (χ0v) is 20.2. The van der Waals surface area contributed by atoms with Crippen LogP contribution < -0.4 is 10.1 Å². The molecule has 35 heavy (non-hydrogen) atoms. The van der Waals surface area contributed by atoms with Crippen molar-refractivity contribution in [3.05, 3.63) is 101 Å². The van der Waals surface area contributed by atoms with Gasteiger partial charge in [0.15, 0.2) is 0 Å². The number of para-hydroxylation sites is 1. The van der Waals surface area contributed by atoms with E-state index in [1.165, 1.54) is 11.6 Å². The van der Waals surface area contributed by atoms with E-state index in [0.717, 1.165) is 43.6 Å². The fraction of sp³-hybridized carbons (Fsp3) is 0.345. The Kier molecular flexibility index (Phi) is 6.58. The Morgan fingerprint density at radius 3 is 2.51 bits per heavy atom. The van der Waals surface area contributed by atoms with Crippen molar-refractivity contribution in [2.24, 2.45) is 0 Å². The fourth-order valence-corrected chi connectivity index (χ4v) is 5.98. The third-order valence-electron chi connectivity index (χ3n) is 7.62. The summed E-state index contributed by atoms with van der Waals surface area (Å²) in [5.74, 6) is 0.171. The second-order valence-electron chi connectivity index (χ2n) is 9.46. The second kappa shape index (κ2) is 9.80. The largest absolute Gasteiger partial charge is 0.496 e. The van der Waals surface area contributed by atoms with Crippen molar-refractivity contribution in [1.82, 2.24) is 10.2 Å². The Hall–Kier alpha value is -3.22. The lowest BCUT2D eigenvalue weighted by Gasteiger charge is -2.44. The van der Waals surface area contributed by atoms with Gasteiger partial charge in [-0.2, -0.15) is 0 Å². The van der Waals surface area contributed by atoms with Crippen molar-refractivity contribution in [3.63, 3.8) is 0 Å². The molecule has 1 fully saturated rings. The van der Waals surface area contributed by atoms with Crippen LogP contribution in [0.5, 0.6) is 5.75 Å². The number of methoxy groups -OCH3 is 2. The zero-order valence-electron chi connectivity index (χ0n) is 20.2. The van der Waals surface area contributed by atoms with E-state index in [-0.39, 0.29) is 29.3 Å². The second-order valence-corrected chi connectivity index (χ2v) is 9.46. The van der Waals surface area contributed by atoms with Crippen LogP contribution in [-0.4, -0.2) is 44.2 Å². The van der Waals surface area contributed by atoms with Crippen LogP contribution >= 0.6 is 0 Å². The molecule has 0 saturated carbocycles. The number of rotatable bonds is 6. The van der Waals surface area contributed by atoms with Gasteiger partial charge in [-0.25, -0.2) is 4.39 Å². The molecule has 3 aromatic rings. The van der Waals surface area contributed by atoms with Crippen molar-refractivity contribution in [1.29, 1.82) is 0 Å². The molecule has 0 aromatic heterocycles. The first-order valence-corrected chi connectivity index (χ1v) is 12.1. The molecular formula is C29H31FN2O3. The van der Waals surface area contributed by atoms with E-state index < -0.39 is 0 Å². The highest BCUT2D eigenvalue weighted by Gasteiger charge is 2.54. The number of ether oxygens (including phenoxy) is 2. The molecule has 3 aromatic carbocycles. The maximum atomic E-state index is 13.7. The molecule has 1 saturated heterocycles. The van der Waals surface area contributed by atoms with Crippen molar-refractivity contribution in [3.8, 4) is 5.75 Å². The van der Waals surface area contributed by atoms with Crippen LogP contribution in [0.25, 0.3) is 0 Å². The first-order chi connectivity index (χ1) is 17.1. The number of fused-ring (bicyclic) bond motifs is 2. The number of hydrogen-bond acceptors (Lipinski definition) is 4. The van der Waals surface area contributed by atoms with E-state index in [4.69, 9.17) is 9.47 Å². The van der Waals surface area contributed by atoms with E-state index in [9.17, 15) is 9.18 Å². The smallest absolute Gasteiger partial charge is 0.255 e. The number of nitrogens with zero attached hydrogens (tertiary/aromatic N) is 1. The molecule has 0 bridgehead atoms. The van der Waals surface area contributed by atoms with Gasteiger partial charge in [-0.15, -0.1) is 0 Å². The summed E-state index contributed by atoms with van der Waals surface area (Å²) in [6, 6.07) is 22.2. The molecule has 0 unspecified atom stereocenters. The maximum Gasteiger partial charge on any atom is 0.255 e. The molecular weight excluding hydrogens is 443 g/mol. The predicted octanol–water partition coefficient (Wildman–Crippen LogP) is 4.87. The number of benzene rings is 3. The summed E-state index contributed by atoms with van der Waals surface area (Å²) in [5, 5.41) is 3.26. The summed E-state index contributed by atoms with van der Waals surface area (Å²) < 4.78 is 25.2. The standard InChI is InChI=1S/C29H31FN2O3/c1-34-25-13-6-4-11-23(25)28(33)31-26-22-10-3-5-12-24(22)29(27(26)35-2)14-16-32(17-15-29)19-20-8-7-9-21(30)18-20/h3-13,18,26-27H,14-17,19H2,1-2H3,(H,31,33)/t26-,27+/m0/s1. The molecule has 1 aliphatic carbocycles. The van der Waals surface area contributed by atoms with Gasteiger partial charge in [0.05, 0.1) is 24.8 Å². The lowest BCUT2D eigenvalue weighted by Crippen LogP contribution is -2.50. The number of halogens is 1. The summed E-state index contributed by atoms with van der Waals surface area (Å²) in [4.78, 5) is 15.7. The van der Waals surface area contributed by atoms with Gasteiger partial charge in [0.1, 0.15) is 11.6 Å². The lowest BCUT2D eigenvalue weighted by molar-refractivity contribution is -0.0122. The summed E-state index contributed by atoms with van der Waals surface area (Å²) in [6.45, 7) is 2.47. The van der Waals surface area contributed by atoms with Gasteiger partial charge in [0.25, 0.3) is 5.91 Å². The Balaban J connectivity index is 1.39. The molecule has 1 aliphatic heterocycles. The van der Waals surface area contributed by atoms with E-state index in [0.29, 0.717) is 11.3 Å². The van der Waals surface area contributed by atoms with Gasteiger partial charge < -0.3 is 14.8 Å². The molecule has 1 spiro atoms. The van der Waals surface area contributed by atoms with Gasteiger partial charge in [-0.1, -0.05) is 48.5 Å². The molecule has 5 rings (SSSR count). The number of carbonyl (C=O) groups excluding carboxylic acids is 1. The highest BCUT2D eigenvalue weighted by Crippen LogP contribution is 2.52. The van der Waals surface area contributed by atoms with Gasteiger partial charge in [0, 0.05) is 19.1 Å². The summed E-state index contributed by atoms with van der Waals surface area (Å²) in [6.07, 6.45) is 1.62. The highest BCUT2D eigenvalue weighted by atomic mass is 19.1. The topological polar surface area (TPSA) is 50.8 Å². The number of carbonyl (C=O) groups is 1. The number of amides is 1. The molecule has 1 heterocycles. The molecule has 1 amide bonds. The molecule has 0 radical (unpaired) electrons. The van der Waals surface area contributed by atoms with Gasteiger partial charge >= 0.3 is 0 Å².